The standard InChI is InChI=1S/C32H24N2O3/c35-31-29-27-22-13-5-6-14-23(22)28(25-16-8-7-15-24(25)27)30(29)32(36)34(31)33-18-21-12-4-9-17-26(21)37-19-20-10-2-1-3-11-20/h1-18,27-30H,19H2/b33-18-/t27?,28?,29-,30-/m1/s1. The van der Waals surface area contributed by atoms with Gasteiger partial charge < -0.3 is 4.74 Å². The van der Waals surface area contributed by atoms with Gasteiger partial charge in [-0.2, -0.15) is 10.1 Å². The molecule has 2 bridgehead atoms. The summed E-state index contributed by atoms with van der Waals surface area (Å²) in [4.78, 5) is 27.5. The third-order valence-corrected chi connectivity index (χ3v) is 7.89. The molecule has 1 heterocycles. The lowest BCUT2D eigenvalue weighted by Crippen LogP contribution is -2.41. The van der Waals surface area contributed by atoms with Crippen LogP contribution in [0.25, 0.3) is 0 Å². The Labute approximate surface area is 215 Å². The van der Waals surface area contributed by atoms with Crippen LogP contribution in [0.3, 0.4) is 0 Å². The van der Waals surface area contributed by atoms with Gasteiger partial charge in [0.1, 0.15) is 12.4 Å². The maximum absolute atomic E-state index is 13.7. The topological polar surface area (TPSA) is 59.0 Å². The molecule has 0 spiro atoms. The lowest BCUT2D eigenvalue weighted by atomic mass is 9.55. The number of rotatable bonds is 5. The lowest BCUT2D eigenvalue weighted by Gasteiger charge is -2.45. The maximum Gasteiger partial charge on any atom is 0.254 e. The van der Waals surface area contributed by atoms with Crippen LogP contribution < -0.4 is 4.74 Å². The van der Waals surface area contributed by atoms with Gasteiger partial charge in [0.2, 0.25) is 0 Å². The van der Waals surface area contributed by atoms with E-state index in [1.54, 1.807) is 6.21 Å². The first-order chi connectivity index (χ1) is 18.2. The molecule has 8 rings (SSSR count). The van der Waals surface area contributed by atoms with Gasteiger partial charge in [-0.25, -0.2) is 0 Å². The van der Waals surface area contributed by atoms with Crippen LogP contribution >= 0.6 is 0 Å². The Kier molecular flexibility index (Phi) is 5.03. The van der Waals surface area contributed by atoms with Crippen molar-refractivity contribution in [2.75, 3.05) is 0 Å². The van der Waals surface area contributed by atoms with Crippen molar-refractivity contribution in [3.63, 3.8) is 0 Å². The van der Waals surface area contributed by atoms with Crippen molar-refractivity contribution in [2.45, 2.75) is 18.4 Å². The van der Waals surface area contributed by atoms with Crippen LogP contribution in [-0.4, -0.2) is 23.0 Å². The first-order valence-corrected chi connectivity index (χ1v) is 12.6. The van der Waals surface area contributed by atoms with E-state index in [0.717, 1.165) is 32.8 Å². The van der Waals surface area contributed by atoms with Crippen LogP contribution in [0.1, 0.15) is 45.2 Å². The number of benzene rings is 4. The Bertz CT molecular complexity index is 1450. The van der Waals surface area contributed by atoms with Crippen molar-refractivity contribution in [1.82, 2.24) is 5.01 Å². The fourth-order valence-corrected chi connectivity index (χ4v) is 6.35. The van der Waals surface area contributed by atoms with Crippen LogP contribution in [0.4, 0.5) is 0 Å². The fraction of sp³-hybridized carbons (Fsp3) is 0.156. The molecule has 0 radical (unpaired) electrons. The van der Waals surface area contributed by atoms with Crippen LogP contribution in [0.5, 0.6) is 5.75 Å². The summed E-state index contributed by atoms with van der Waals surface area (Å²) in [5.74, 6) is -0.971. The van der Waals surface area contributed by atoms with E-state index in [-0.39, 0.29) is 23.7 Å². The summed E-state index contributed by atoms with van der Waals surface area (Å²) in [7, 11) is 0. The fourth-order valence-electron chi connectivity index (χ4n) is 6.35. The highest BCUT2D eigenvalue weighted by Gasteiger charge is 2.61. The van der Waals surface area contributed by atoms with E-state index in [2.05, 4.69) is 29.4 Å². The number of nitrogens with zero attached hydrogens (tertiary/aromatic N) is 2. The summed E-state index contributed by atoms with van der Waals surface area (Å²) >= 11 is 0. The molecule has 4 aromatic carbocycles. The van der Waals surface area contributed by atoms with Crippen molar-refractivity contribution < 1.29 is 14.3 Å². The summed E-state index contributed by atoms with van der Waals surface area (Å²) in [5, 5.41) is 5.55. The highest BCUT2D eigenvalue weighted by molar-refractivity contribution is 6.08. The minimum atomic E-state index is -0.441. The molecule has 5 heteroatoms. The van der Waals surface area contributed by atoms with Crippen molar-refractivity contribution >= 4 is 18.0 Å². The summed E-state index contributed by atoms with van der Waals surface area (Å²) in [6.07, 6.45) is 1.57. The predicted molar refractivity (Wildman–Crippen MR) is 140 cm³/mol. The molecule has 2 amide bonds. The van der Waals surface area contributed by atoms with Crippen LogP contribution in [0.15, 0.2) is 108 Å². The third-order valence-electron chi connectivity index (χ3n) is 7.89. The van der Waals surface area contributed by atoms with E-state index >= 15 is 0 Å². The predicted octanol–water partition coefficient (Wildman–Crippen LogP) is 5.49. The van der Waals surface area contributed by atoms with Gasteiger partial charge in [-0.05, 0) is 39.9 Å². The van der Waals surface area contributed by atoms with Crippen molar-refractivity contribution in [3.05, 3.63) is 137 Å². The molecule has 1 saturated heterocycles. The molecule has 0 unspecified atom stereocenters. The van der Waals surface area contributed by atoms with Crippen LogP contribution in [0, 0.1) is 11.8 Å². The molecule has 4 aliphatic rings. The van der Waals surface area contributed by atoms with E-state index in [4.69, 9.17) is 4.74 Å². The molecule has 0 aromatic heterocycles. The molecule has 1 fully saturated rings. The van der Waals surface area contributed by atoms with E-state index in [0.29, 0.717) is 17.9 Å². The lowest BCUT2D eigenvalue weighted by molar-refractivity contribution is -0.139. The van der Waals surface area contributed by atoms with Gasteiger partial charge >= 0.3 is 0 Å². The van der Waals surface area contributed by atoms with E-state index < -0.39 is 11.8 Å². The molecule has 2 atom stereocenters. The van der Waals surface area contributed by atoms with Gasteiger partial charge in [-0.1, -0.05) is 91.0 Å². The zero-order valence-corrected chi connectivity index (χ0v) is 20.0. The van der Waals surface area contributed by atoms with Gasteiger partial charge in [0, 0.05) is 17.4 Å². The molecular formula is C32H24N2O3. The number of ether oxygens (including phenoxy) is 1. The summed E-state index contributed by atoms with van der Waals surface area (Å²) in [6, 6.07) is 33.9. The molecule has 0 saturated carbocycles. The normalized spacial score (nSPS) is 23.2. The molecule has 3 aliphatic carbocycles. The number of imide groups is 1. The van der Waals surface area contributed by atoms with Gasteiger partial charge in [0.05, 0.1) is 18.1 Å². The Morgan fingerprint density at radius 1 is 0.649 bits per heavy atom. The maximum atomic E-state index is 13.7. The third kappa shape index (κ3) is 3.34. The van der Waals surface area contributed by atoms with E-state index in [1.165, 1.54) is 0 Å². The van der Waals surface area contributed by atoms with Crippen LogP contribution in [-0.2, 0) is 16.2 Å². The molecule has 1 aliphatic heterocycles. The average Bonchev–Trinajstić information content (AvgIpc) is 3.21. The zero-order valence-electron chi connectivity index (χ0n) is 20.0. The van der Waals surface area contributed by atoms with E-state index in [1.807, 2.05) is 78.9 Å². The molecule has 180 valence electrons. The molecule has 4 aromatic rings. The zero-order chi connectivity index (χ0) is 24.9. The minimum absolute atomic E-state index is 0.138. The largest absolute Gasteiger partial charge is 0.488 e. The van der Waals surface area contributed by atoms with Crippen molar-refractivity contribution in [1.29, 1.82) is 0 Å². The number of hydrogen-bond donors (Lipinski definition) is 0. The van der Waals surface area contributed by atoms with Gasteiger partial charge in [0.25, 0.3) is 11.8 Å². The minimum Gasteiger partial charge on any atom is -0.488 e. The second-order valence-corrected chi connectivity index (χ2v) is 9.81. The highest BCUT2D eigenvalue weighted by atomic mass is 16.5. The second-order valence-electron chi connectivity index (χ2n) is 9.81. The average molecular weight is 485 g/mol. The summed E-state index contributed by atoms with van der Waals surface area (Å²) in [6.45, 7) is 0.414. The monoisotopic (exact) mass is 484 g/mol. The smallest absolute Gasteiger partial charge is 0.254 e. The van der Waals surface area contributed by atoms with Gasteiger partial charge in [-0.3, -0.25) is 9.59 Å². The SMILES string of the molecule is O=C1[C@@H]2C3c4ccccc4C(c4ccccc43)[C@H]2C(=O)N1/N=C\c1ccccc1OCc1ccccc1. The summed E-state index contributed by atoms with van der Waals surface area (Å²) in [5.41, 5.74) is 6.37. The number of hydrogen-bond acceptors (Lipinski definition) is 4. The Balaban J connectivity index is 1.21. The molecule has 5 nitrogen and oxygen atoms in total. The number of carbonyl (C=O) groups excluding carboxylic acids is 2. The first-order valence-electron chi connectivity index (χ1n) is 12.6. The molecule has 0 N–H and O–H groups in total. The van der Waals surface area contributed by atoms with Crippen LogP contribution in [0.2, 0.25) is 0 Å². The number of amides is 2. The second kappa shape index (κ2) is 8.56. The number of hydrazone groups is 1. The quantitative estimate of drug-likeness (QED) is 0.278. The summed E-state index contributed by atoms with van der Waals surface area (Å²) < 4.78 is 6.04. The van der Waals surface area contributed by atoms with Crippen molar-refractivity contribution in [3.8, 4) is 5.75 Å². The van der Waals surface area contributed by atoms with Gasteiger partial charge in [0.15, 0.2) is 0 Å². The molecular weight excluding hydrogens is 460 g/mol. The molecule has 37 heavy (non-hydrogen) atoms. The Hall–Kier alpha value is -4.51. The first kappa shape index (κ1) is 21.7. The Morgan fingerprint density at radius 3 is 1.70 bits per heavy atom. The Morgan fingerprint density at radius 2 is 1.14 bits per heavy atom. The highest BCUT2D eigenvalue weighted by Crippen LogP contribution is 2.60. The number of carbonyl (C=O) groups is 2. The number of para-hydroxylation sites is 1. The van der Waals surface area contributed by atoms with Crippen molar-refractivity contribution in [2.24, 2.45) is 16.9 Å². The van der Waals surface area contributed by atoms with Gasteiger partial charge in [-0.15, -0.1) is 0 Å². The van der Waals surface area contributed by atoms with E-state index in [9.17, 15) is 9.59 Å².